The van der Waals surface area contributed by atoms with Crippen molar-refractivity contribution in [2.75, 3.05) is 32.1 Å². The van der Waals surface area contributed by atoms with Crippen LogP contribution in [0.5, 0.6) is 0 Å². The van der Waals surface area contributed by atoms with Crippen molar-refractivity contribution in [3.05, 3.63) is 0 Å². The molecule has 0 aliphatic carbocycles. The van der Waals surface area contributed by atoms with Gasteiger partial charge in [0.2, 0.25) is 0 Å². The second kappa shape index (κ2) is 4.89. The van der Waals surface area contributed by atoms with Gasteiger partial charge in [-0.3, -0.25) is 0 Å². The van der Waals surface area contributed by atoms with Crippen molar-refractivity contribution in [2.45, 2.75) is 18.6 Å². The fourth-order valence-corrected chi connectivity index (χ4v) is 2.51. The number of hydrogen-bond acceptors (Lipinski definition) is 4. The average molecular weight is 219 g/mol. The van der Waals surface area contributed by atoms with Gasteiger partial charge in [-0.2, -0.15) is 11.8 Å². The maximum absolute atomic E-state index is 11.4. The van der Waals surface area contributed by atoms with E-state index in [1.807, 2.05) is 11.8 Å². The number of carbonyl (C=O) groups excluding carboxylic acids is 1. The molecule has 5 heteroatoms. The van der Waals surface area contributed by atoms with Crippen LogP contribution in [0.15, 0.2) is 0 Å². The van der Waals surface area contributed by atoms with Gasteiger partial charge in [0.1, 0.15) is 6.61 Å². The first-order chi connectivity index (χ1) is 6.55. The van der Waals surface area contributed by atoms with Crippen LogP contribution in [-0.2, 0) is 4.74 Å². The smallest absolute Gasteiger partial charge is 0.409 e. The van der Waals surface area contributed by atoms with Crippen LogP contribution in [0.2, 0.25) is 0 Å². The standard InChI is InChI=1S/C9H17NO3S/c1-9(2)7-10(3-6-14-9)8(12)13-5-4-11/h11H,3-7H2,1-2H3. The fraction of sp³-hybridized carbons (Fsp3) is 0.889. The van der Waals surface area contributed by atoms with E-state index < -0.39 is 0 Å². The second-order valence-corrected chi connectivity index (χ2v) is 5.67. The lowest BCUT2D eigenvalue weighted by molar-refractivity contribution is 0.0828. The highest BCUT2D eigenvalue weighted by Gasteiger charge is 2.30. The van der Waals surface area contributed by atoms with Crippen LogP contribution in [0.3, 0.4) is 0 Å². The lowest BCUT2D eigenvalue weighted by Gasteiger charge is -2.36. The summed E-state index contributed by atoms with van der Waals surface area (Å²) in [5.74, 6) is 0.946. The van der Waals surface area contributed by atoms with E-state index in [4.69, 9.17) is 9.84 Å². The molecule has 0 aromatic heterocycles. The van der Waals surface area contributed by atoms with Gasteiger partial charge < -0.3 is 14.7 Å². The minimum absolute atomic E-state index is 0.0862. The third kappa shape index (κ3) is 3.38. The summed E-state index contributed by atoms with van der Waals surface area (Å²) in [5.41, 5.74) is 0. The Labute approximate surface area is 88.6 Å². The molecule has 82 valence electrons. The monoisotopic (exact) mass is 219 g/mol. The largest absolute Gasteiger partial charge is 0.447 e. The third-order valence-corrected chi connectivity index (χ3v) is 3.30. The third-order valence-electron chi connectivity index (χ3n) is 2.00. The number of carbonyl (C=O) groups is 1. The van der Waals surface area contributed by atoms with E-state index >= 15 is 0 Å². The molecule has 4 nitrogen and oxygen atoms in total. The van der Waals surface area contributed by atoms with Crippen LogP contribution >= 0.6 is 11.8 Å². The molecule has 0 unspecified atom stereocenters. The van der Waals surface area contributed by atoms with Gasteiger partial charge in [0.25, 0.3) is 0 Å². The summed E-state index contributed by atoms with van der Waals surface area (Å²) in [7, 11) is 0. The number of amides is 1. The maximum atomic E-state index is 11.4. The quantitative estimate of drug-likeness (QED) is 0.751. The van der Waals surface area contributed by atoms with E-state index in [-0.39, 0.29) is 24.1 Å². The predicted octanol–water partition coefficient (Wildman–Crippen LogP) is 0.943. The number of aliphatic hydroxyl groups excluding tert-OH is 1. The molecule has 0 aromatic rings. The fourth-order valence-electron chi connectivity index (χ4n) is 1.40. The van der Waals surface area contributed by atoms with Gasteiger partial charge in [-0.15, -0.1) is 0 Å². The highest BCUT2D eigenvalue weighted by molar-refractivity contribution is 8.00. The Bertz CT molecular complexity index is 208. The number of ether oxygens (including phenoxy) is 1. The minimum Gasteiger partial charge on any atom is -0.447 e. The summed E-state index contributed by atoms with van der Waals surface area (Å²) in [6.45, 7) is 5.65. The van der Waals surface area contributed by atoms with Crippen LogP contribution in [0.25, 0.3) is 0 Å². The van der Waals surface area contributed by atoms with E-state index in [0.29, 0.717) is 6.54 Å². The Hall–Kier alpha value is -0.420. The lowest BCUT2D eigenvalue weighted by atomic mass is 10.2. The lowest BCUT2D eigenvalue weighted by Crippen LogP contribution is -2.46. The highest BCUT2D eigenvalue weighted by Crippen LogP contribution is 2.29. The van der Waals surface area contributed by atoms with Gasteiger partial charge in [0.15, 0.2) is 0 Å². The molecule has 0 bridgehead atoms. The Balaban J connectivity index is 2.40. The van der Waals surface area contributed by atoms with Crippen LogP contribution in [0, 0.1) is 0 Å². The van der Waals surface area contributed by atoms with Crippen molar-refractivity contribution in [1.29, 1.82) is 0 Å². The van der Waals surface area contributed by atoms with Crippen LogP contribution in [0.4, 0.5) is 4.79 Å². The zero-order valence-electron chi connectivity index (χ0n) is 8.65. The molecule has 1 aliphatic heterocycles. The van der Waals surface area contributed by atoms with Crippen molar-refractivity contribution in [1.82, 2.24) is 4.90 Å². The molecule has 1 aliphatic rings. The van der Waals surface area contributed by atoms with Crippen LogP contribution in [0.1, 0.15) is 13.8 Å². The van der Waals surface area contributed by atoms with Crippen molar-refractivity contribution in [3.63, 3.8) is 0 Å². The van der Waals surface area contributed by atoms with Gasteiger partial charge in [-0.05, 0) is 13.8 Å². The van der Waals surface area contributed by atoms with Crippen LogP contribution in [-0.4, -0.2) is 52.9 Å². The SMILES string of the molecule is CC1(C)CN(C(=O)OCCO)CCS1. The Morgan fingerprint density at radius 2 is 2.36 bits per heavy atom. The second-order valence-electron chi connectivity index (χ2n) is 3.87. The van der Waals surface area contributed by atoms with E-state index in [1.54, 1.807) is 4.90 Å². The molecule has 0 atom stereocenters. The first kappa shape index (κ1) is 11.7. The van der Waals surface area contributed by atoms with Crippen molar-refractivity contribution >= 4 is 17.9 Å². The topological polar surface area (TPSA) is 49.8 Å². The molecule has 1 amide bonds. The summed E-state index contributed by atoms with van der Waals surface area (Å²) in [6.07, 6.45) is -0.313. The zero-order valence-corrected chi connectivity index (χ0v) is 9.47. The number of rotatable bonds is 2. The van der Waals surface area contributed by atoms with Gasteiger partial charge in [-0.25, -0.2) is 4.79 Å². The summed E-state index contributed by atoms with van der Waals surface area (Å²) in [6, 6.07) is 0. The molecule has 1 heterocycles. The van der Waals surface area contributed by atoms with Gasteiger partial charge in [0, 0.05) is 23.6 Å². The molecule has 14 heavy (non-hydrogen) atoms. The van der Waals surface area contributed by atoms with Gasteiger partial charge in [0.05, 0.1) is 6.61 Å². The van der Waals surface area contributed by atoms with E-state index in [1.165, 1.54) is 0 Å². The molecule has 0 aromatic carbocycles. The van der Waals surface area contributed by atoms with Crippen molar-refractivity contribution in [3.8, 4) is 0 Å². The molecule has 0 spiro atoms. The summed E-state index contributed by atoms with van der Waals surface area (Å²) < 4.78 is 4.96. The molecule has 1 N–H and O–H groups in total. The van der Waals surface area contributed by atoms with Crippen LogP contribution < -0.4 is 0 Å². The Morgan fingerprint density at radius 3 is 2.93 bits per heavy atom. The van der Waals surface area contributed by atoms with Gasteiger partial charge >= 0.3 is 6.09 Å². The number of nitrogens with zero attached hydrogens (tertiary/aromatic N) is 1. The first-order valence-electron chi connectivity index (χ1n) is 4.72. The highest BCUT2D eigenvalue weighted by atomic mass is 32.2. The van der Waals surface area contributed by atoms with Gasteiger partial charge in [-0.1, -0.05) is 0 Å². The predicted molar refractivity (Wildman–Crippen MR) is 56.5 cm³/mol. The Kier molecular flexibility index (Phi) is 4.07. The Morgan fingerprint density at radius 1 is 1.64 bits per heavy atom. The molecule has 1 fully saturated rings. The average Bonchev–Trinajstić information content (AvgIpc) is 2.12. The molecule has 0 radical (unpaired) electrons. The first-order valence-corrected chi connectivity index (χ1v) is 5.70. The normalized spacial score (nSPS) is 20.6. The molecular formula is C9H17NO3S. The molecule has 1 saturated heterocycles. The summed E-state index contributed by atoms with van der Waals surface area (Å²) >= 11 is 1.87. The molecular weight excluding hydrogens is 202 g/mol. The van der Waals surface area contributed by atoms with Crippen molar-refractivity contribution < 1.29 is 14.6 Å². The molecule has 0 saturated carbocycles. The zero-order chi connectivity index (χ0) is 10.6. The minimum atomic E-state index is -0.313. The van der Waals surface area contributed by atoms with E-state index in [0.717, 1.165) is 12.3 Å². The number of hydrogen-bond donors (Lipinski definition) is 1. The number of thioether (sulfide) groups is 1. The van der Waals surface area contributed by atoms with E-state index in [2.05, 4.69) is 13.8 Å². The molecule has 1 rings (SSSR count). The van der Waals surface area contributed by atoms with Crippen molar-refractivity contribution in [2.24, 2.45) is 0 Å². The maximum Gasteiger partial charge on any atom is 0.409 e. The van der Waals surface area contributed by atoms with E-state index in [9.17, 15) is 4.79 Å². The summed E-state index contributed by atoms with van der Waals surface area (Å²) in [5, 5.41) is 8.52. The number of aliphatic hydroxyl groups is 1. The summed E-state index contributed by atoms with van der Waals surface area (Å²) in [4.78, 5) is 13.1.